The van der Waals surface area contributed by atoms with E-state index in [1.54, 1.807) is 9.80 Å². The molecule has 1 rings (SSSR count). The molecule has 1 fully saturated rings. The molecular weight excluding hydrogens is 436 g/mol. The van der Waals surface area contributed by atoms with Crippen LogP contribution in [-0.2, 0) is 19.1 Å². The van der Waals surface area contributed by atoms with Crippen molar-refractivity contribution in [3.05, 3.63) is 0 Å². The van der Waals surface area contributed by atoms with Crippen LogP contribution in [0.15, 0.2) is 0 Å². The normalized spacial score (nSPS) is 20.3. The van der Waals surface area contributed by atoms with Gasteiger partial charge < -0.3 is 19.3 Å². The van der Waals surface area contributed by atoms with Crippen molar-refractivity contribution >= 4 is 62.3 Å². The molecule has 10 heteroatoms. The maximum absolute atomic E-state index is 13.2. The highest BCUT2D eigenvalue weighted by atomic mass is 32.1. The Kier molecular flexibility index (Phi) is 15.0. The van der Waals surface area contributed by atoms with Crippen LogP contribution < -0.4 is 0 Å². The van der Waals surface area contributed by atoms with Crippen LogP contribution in [0.4, 0.5) is 0 Å². The largest absolute Gasteiger partial charge is 0.379 e. The third kappa shape index (κ3) is 8.55. The van der Waals surface area contributed by atoms with Gasteiger partial charge in [0.1, 0.15) is 12.1 Å². The van der Waals surface area contributed by atoms with E-state index in [4.69, 9.17) is 9.47 Å². The average molecular weight is 471 g/mol. The van der Waals surface area contributed by atoms with Crippen LogP contribution in [0.5, 0.6) is 0 Å². The Morgan fingerprint density at radius 1 is 0.643 bits per heavy atom. The molecule has 0 N–H and O–H groups in total. The first-order chi connectivity index (χ1) is 13.6. The van der Waals surface area contributed by atoms with Crippen LogP contribution in [0.25, 0.3) is 0 Å². The minimum atomic E-state index is -0.596. The zero-order chi connectivity index (χ0) is 20.8. The average Bonchev–Trinajstić information content (AvgIpc) is 2.70. The molecule has 0 aromatic heterocycles. The zero-order valence-electron chi connectivity index (χ0n) is 16.4. The molecule has 2 amide bonds. The summed E-state index contributed by atoms with van der Waals surface area (Å²) in [4.78, 5) is 29.8. The summed E-state index contributed by atoms with van der Waals surface area (Å²) < 4.78 is 11.4. The third-order valence-electron chi connectivity index (χ3n) is 4.45. The van der Waals surface area contributed by atoms with E-state index >= 15 is 0 Å². The van der Waals surface area contributed by atoms with Crippen LogP contribution in [0.2, 0.25) is 0 Å². The van der Waals surface area contributed by atoms with Crippen molar-refractivity contribution < 1.29 is 19.1 Å². The molecule has 2 atom stereocenters. The molecule has 164 valence electrons. The Bertz CT molecular complexity index is 419. The fourth-order valence-corrected chi connectivity index (χ4v) is 3.56. The SMILES string of the molecule is O=C1[C@@H](COCCCS)N(CCCS)C(=O)[C@@H](COCCCS)N1CCCS. The first-order valence-corrected chi connectivity index (χ1v) is 12.3. The number of hydrogen-bond donors (Lipinski definition) is 4. The summed E-state index contributed by atoms with van der Waals surface area (Å²) in [7, 11) is 0. The molecule has 6 nitrogen and oxygen atoms in total. The van der Waals surface area contributed by atoms with E-state index in [9.17, 15) is 9.59 Å². The molecule has 1 aliphatic heterocycles. The standard InChI is InChI=1S/C18H34N2O4S4/c21-17-16(14-24-8-4-12-28)20(6-2-10-26)18(22)15(13-23-7-3-11-27)19(17)5-1-9-25/h15-16,25-28H,1-14H2/t15-,16-/m1/s1. The lowest BCUT2D eigenvalue weighted by atomic mass is 10.0. The molecule has 0 aromatic carbocycles. The molecule has 0 aromatic rings. The first kappa shape index (κ1) is 26.3. The predicted octanol–water partition coefficient (Wildman–Crippen LogP) is 1.71. The molecule has 28 heavy (non-hydrogen) atoms. The molecular formula is C18H34N2O4S4. The van der Waals surface area contributed by atoms with Gasteiger partial charge in [-0.05, 0) is 48.7 Å². The zero-order valence-corrected chi connectivity index (χ0v) is 19.9. The quantitative estimate of drug-likeness (QED) is 0.205. The van der Waals surface area contributed by atoms with Gasteiger partial charge in [0.2, 0.25) is 11.8 Å². The smallest absolute Gasteiger partial charge is 0.248 e. The van der Waals surface area contributed by atoms with Crippen LogP contribution in [0.1, 0.15) is 25.7 Å². The van der Waals surface area contributed by atoms with E-state index in [0.717, 1.165) is 37.2 Å². The van der Waals surface area contributed by atoms with Gasteiger partial charge in [0, 0.05) is 26.3 Å². The summed E-state index contributed by atoms with van der Waals surface area (Å²) in [5.74, 6) is 2.60. The van der Waals surface area contributed by atoms with Crippen molar-refractivity contribution in [1.82, 2.24) is 9.80 Å². The lowest BCUT2D eigenvalue weighted by molar-refractivity contribution is -0.167. The van der Waals surface area contributed by atoms with Crippen LogP contribution in [0.3, 0.4) is 0 Å². The van der Waals surface area contributed by atoms with E-state index in [1.165, 1.54) is 0 Å². The second-order valence-electron chi connectivity index (χ2n) is 6.55. The summed E-state index contributed by atoms with van der Waals surface area (Å²) in [6.07, 6.45) is 3.05. The van der Waals surface area contributed by atoms with Crippen molar-refractivity contribution in [2.75, 3.05) is 62.5 Å². The van der Waals surface area contributed by atoms with Crippen molar-refractivity contribution in [2.45, 2.75) is 37.8 Å². The van der Waals surface area contributed by atoms with Gasteiger partial charge in [0.15, 0.2) is 0 Å². The monoisotopic (exact) mass is 470 g/mol. The summed E-state index contributed by atoms with van der Waals surface area (Å²) in [5, 5.41) is 0. The van der Waals surface area contributed by atoms with E-state index in [-0.39, 0.29) is 25.0 Å². The Balaban J connectivity index is 2.92. The topological polar surface area (TPSA) is 59.1 Å². The fraction of sp³-hybridized carbons (Fsp3) is 0.889. The van der Waals surface area contributed by atoms with Gasteiger partial charge in [-0.25, -0.2) is 0 Å². The Hall–Kier alpha value is 0.260. The van der Waals surface area contributed by atoms with Gasteiger partial charge in [-0.2, -0.15) is 50.5 Å². The Morgan fingerprint density at radius 3 is 1.32 bits per heavy atom. The molecule has 0 bridgehead atoms. The van der Waals surface area contributed by atoms with Gasteiger partial charge in [0.05, 0.1) is 13.2 Å². The predicted molar refractivity (Wildman–Crippen MR) is 127 cm³/mol. The summed E-state index contributed by atoms with van der Waals surface area (Å²) in [6.45, 7) is 2.43. The number of nitrogens with zero attached hydrogens (tertiary/aromatic N) is 2. The van der Waals surface area contributed by atoms with Crippen molar-refractivity contribution in [3.63, 3.8) is 0 Å². The van der Waals surface area contributed by atoms with Crippen molar-refractivity contribution in [1.29, 1.82) is 0 Å². The van der Waals surface area contributed by atoms with Crippen LogP contribution >= 0.6 is 50.5 Å². The van der Waals surface area contributed by atoms with Crippen molar-refractivity contribution in [3.8, 4) is 0 Å². The number of ether oxygens (including phenoxy) is 2. The number of thiol groups is 4. The van der Waals surface area contributed by atoms with E-state index < -0.39 is 12.1 Å². The number of hydrogen-bond acceptors (Lipinski definition) is 8. The highest BCUT2D eigenvalue weighted by molar-refractivity contribution is 7.80. The van der Waals surface area contributed by atoms with Crippen molar-refractivity contribution in [2.24, 2.45) is 0 Å². The molecule has 0 saturated carbocycles. The summed E-state index contributed by atoms with van der Waals surface area (Å²) in [5.41, 5.74) is 0. The number of carbonyl (C=O) groups excluding carboxylic acids is 2. The van der Waals surface area contributed by atoms with Gasteiger partial charge in [0.25, 0.3) is 0 Å². The minimum Gasteiger partial charge on any atom is -0.379 e. The summed E-state index contributed by atoms with van der Waals surface area (Å²) in [6, 6.07) is -1.19. The number of amides is 2. The maximum atomic E-state index is 13.2. The highest BCUT2D eigenvalue weighted by Crippen LogP contribution is 2.21. The van der Waals surface area contributed by atoms with Gasteiger partial charge in [-0.1, -0.05) is 0 Å². The fourth-order valence-electron chi connectivity index (χ4n) is 3.02. The minimum absolute atomic E-state index is 0.0748. The summed E-state index contributed by atoms with van der Waals surface area (Å²) >= 11 is 16.9. The van der Waals surface area contributed by atoms with E-state index in [1.807, 2.05) is 0 Å². The molecule has 0 spiro atoms. The molecule has 0 radical (unpaired) electrons. The number of carbonyl (C=O) groups is 2. The van der Waals surface area contributed by atoms with Gasteiger partial charge in [-0.15, -0.1) is 0 Å². The molecule has 0 unspecified atom stereocenters. The molecule has 1 saturated heterocycles. The maximum Gasteiger partial charge on any atom is 0.248 e. The molecule has 1 aliphatic rings. The lowest BCUT2D eigenvalue weighted by Gasteiger charge is -2.45. The number of piperazine rings is 1. The first-order valence-electron chi connectivity index (χ1n) is 9.82. The van der Waals surface area contributed by atoms with Gasteiger partial charge in [-0.3, -0.25) is 9.59 Å². The van der Waals surface area contributed by atoms with Gasteiger partial charge >= 0.3 is 0 Å². The Morgan fingerprint density at radius 2 is 1.00 bits per heavy atom. The second kappa shape index (κ2) is 16.0. The lowest BCUT2D eigenvalue weighted by Crippen LogP contribution is -2.67. The second-order valence-corrected chi connectivity index (χ2v) is 8.34. The van der Waals surface area contributed by atoms with Crippen LogP contribution in [-0.4, -0.2) is 96.2 Å². The Labute approximate surface area is 191 Å². The highest BCUT2D eigenvalue weighted by Gasteiger charge is 2.45. The van der Waals surface area contributed by atoms with Crippen LogP contribution in [0, 0.1) is 0 Å². The van der Waals surface area contributed by atoms with E-state index in [0.29, 0.717) is 37.8 Å². The third-order valence-corrected chi connectivity index (χ3v) is 5.71. The molecule has 0 aliphatic carbocycles. The number of rotatable bonds is 16. The molecule has 1 heterocycles. The van der Waals surface area contributed by atoms with E-state index in [2.05, 4.69) is 50.5 Å².